The van der Waals surface area contributed by atoms with Crippen LogP contribution in [0.5, 0.6) is 0 Å². The summed E-state index contributed by atoms with van der Waals surface area (Å²) in [6, 6.07) is 10.1. The molecule has 1 N–H and O–H groups in total. The fourth-order valence-corrected chi connectivity index (χ4v) is 3.74. The first-order valence-electron chi connectivity index (χ1n) is 8.31. The van der Waals surface area contributed by atoms with Gasteiger partial charge in [0, 0.05) is 0 Å². The van der Waals surface area contributed by atoms with Gasteiger partial charge in [0.15, 0.2) is 0 Å². The number of para-hydroxylation sites is 2. The molecule has 0 radical (unpaired) electrons. The normalized spacial score (nSPS) is 14.2. The molecule has 0 bridgehead atoms. The molecule has 2 amide bonds. The quantitative estimate of drug-likeness (QED) is 0.812. The molecule has 1 heterocycles. The third kappa shape index (κ3) is 4.50. The van der Waals surface area contributed by atoms with E-state index in [1.54, 1.807) is 24.3 Å². The molecule has 0 saturated heterocycles. The van der Waals surface area contributed by atoms with Crippen molar-refractivity contribution in [2.45, 2.75) is 6.18 Å². The molecule has 11 heteroatoms. The molecule has 1 aliphatic heterocycles. The number of hydrogen-bond acceptors (Lipinski definition) is 4. The number of rotatable bonds is 4. The van der Waals surface area contributed by atoms with E-state index in [2.05, 4.69) is 5.32 Å². The summed E-state index contributed by atoms with van der Waals surface area (Å²) >= 11 is 0. The van der Waals surface area contributed by atoms with E-state index in [4.69, 9.17) is 0 Å². The number of nitrogens with one attached hydrogen (secondary N) is 1. The van der Waals surface area contributed by atoms with E-state index < -0.39 is 40.1 Å². The number of nitrogens with zero attached hydrogens (tertiary/aromatic N) is 2. The van der Waals surface area contributed by atoms with E-state index in [9.17, 15) is 31.2 Å². The Hall–Kier alpha value is -3.08. The Bertz CT molecular complexity index is 1070. The van der Waals surface area contributed by atoms with Crippen LogP contribution in [0.2, 0.25) is 0 Å². The molecule has 0 atom stereocenters. The van der Waals surface area contributed by atoms with Crippen LogP contribution in [0.4, 0.5) is 30.2 Å². The van der Waals surface area contributed by atoms with Gasteiger partial charge in [-0.2, -0.15) is 13.2 Å². The summed E-state index contributed by atoms with van der Waals surface area (Å²) in [6.07, 6.45) is -3.88. The van der Waals surface area contributed by atoms with Crippen molar-refractivity contribution in [1.82, 2.24) is 0 Å². The highest BCUT2D eigenvalue weighted by atomic mass is 32.2. The fraction of sp³-hybridized carbons (Fsp3) is 0.222. The van der Waals surface area contributed by atoms with Gasteiger partial charge >= 0.3 is 6.18 Å². The average molecular weight is 427 g/mol. The number of halogens is 3. The number of carbonyl (C=O) groups excluding carboxylic acids is 2. The van der Waals surface area contributed by atoms with Gasteiger partial charge in [0.25, 0.3) is 0 Å². The second kappa shape index (κ2) is 7.39. The van der Waals surface area contributed by atoms with Crippen molar-refractivity contribution in [3.63, 3.8) is 0 Å². The van der Waals surface area contributed by atoms with Crippen molar-refractivity contribution >= 4 is 38.9 Å². The summed E-state index contributed by atoms with van der Waals surface area (Å²) in [4.78, 5) is 25.8. The Labute approximate surface area is 164 Å². The SMILES string of the molecule is CS(=O)(=O)N(CC(=O)N1CC(=O)Nc2ccccc21)c1cccc(C(F)(F)F)c1. The summed E-state index contributed by atoms with van der Waals surface area (Å²) in [5.41, 5.74) is -0.596. The minimum Gasteiger partial charge on any atom is -0.323 e. The predicted molar refractivity (Wildman–Crippen MR) is 101 cm³/mol. The Morgan fingerprint density at radius 3 is 2.52 bits per heavy atom. The van der Waals surface area contributed by atoms with Crippen LogP contribution < -0.4 is 14.5 Å². The van der Waals surface area contributed by atoms with Crippen LogP contribution in [0.25, 0.3) is 0 Å². The van der Waals surface area contributed by atoms with Crippen molar-refractivity contribution < 1.29 is 31.2 Å². The van der Waals surface area contributed by atoms with Crippen molar-refractivity contribution in [1.29, 1.82) is 0 Å². The fourth-order valence-electron chi connectivity index (χ4n) is 2.90. The van der Waals surface area contributed by atoms with Crippen molar-refractivity contribution in [2.24, 2.45) is 0 Å². The summed E-state index contributed by atoms with van der Waals surface area (Å²) in [6.45, 7) is -1.10. The van der Waals surface area contributed by atoms with Crippen molar-refractivity contribution in [3.8, 4) is 0 Å². The summed E-state index contributed by atoms with van der Waals surface area (Å²) in [7, 11) is -4.09. The maximum atomic E-state index is 13.0. The molecule has 1 aliphatic rings. The second-order valence-electron chi connectivity index (χ2n) is 6.36. The molecule has 0 aliphatic carbocycles. The molecule has 0 aromatic heterocycles. The minimum absolute atomic E-state index is 0.301. The number of fused-ring (bicyclic) bond motifs is 1. The molecular weight excluding hydrogens is 411 g/mol. The first kappa shape index (κ1) is 20.6. The molecule has 3 rings (SSSR count). The number of hydrogen-bond donors (Lipinski definition) is 1. The van der Waals surface area contributed by atoms with Gasteiger partial charge in [-0.3, -0.25) is 18.8 Å². The lowest BCUT2D eigenvalue weighted by Crippen LogP contribution is -2.47. The highest BCUT2D eigenvalue weighted by Crippen LogP contribution is 2.33. The number of amides is 2. The van der Waals surface area contributed by atoms with Gasteiger partial charge in [0.2, 0.25) is 21.8 Å². The Morgan fingerprint density at radius 1 is 1.17 bits per heavy atom. The van der Waals surface area contributed by atoms with E-state index >= 15 is 0 Å². The molecule has 154 valence electrons. The number of benzene rings is 2. The van der Waals surface area contributed by atoms with Crippen LogP contribution >= 0.6 is 0 Å². The topological polar surface area (TPSA) is 86.8 Å². The number of anilines is 3. The standard InChI is InChI=1S/C18H16F3N3O4S/c1-29(27,28)24(13-6-4-5-12(9-13)18(19,20)21)11-17(26)23-10-16(25)22-14-7-2-3-8-15(14)23/h2-9H,10-11H2,1H3,(H,22,25). The molecule has 2 aromatic carbocycles. The molecule has 0 saturated carbocycles. The van der Waals surface area contributed by atoms with Gasteiger partial charge in [-0.05, 0) is 30.3 Å². The van der Waals surface area contributed by atoms with Gasteiger partial charge in [0.05, 0.1) is 28.9 Å². The van der Waals surface area contributed by atoms with Gasteiger partial charge in [-0.25, -0.2) is 8.42 Å². The van der Waals surface area contributed by atoms with Gasteiger partial charge in [0.1, 0.15) is 13.1 Å². The highest BCUT2D eigenvalue weighted by Gasteiger charge is 2.33. The van der Waals surface area contributed by atoms with Crippen LogP contribution in [0.3, 0.4) is 0 Å². The zero-order valence-corrected chi connectivity index (χ0v) is 15.9. The monoisotopic (exact) mass is 427 g/mol. The van der Waals surface area contributed by atoms with E-state index in [1.165, 1.54) is 6.07 Å². The molecule has 0 unspecified atom stereocenters. The predicted octanol–water partition coefficient (Wildman–Crippen LogP) is 2.46. The average Bonchev–Trinajstić information content (AvgIpc) is 2.63. The lowest BCUT2D eigenvalue weighted by molar-refractivity contribution is -0.137. The van der Waals surface area contributed by atoms with E-state index in [-0.39, 0.29) is 12.2 Å². The van der Waals surface area contributed by atoms with E-state index in [0.29, 0.717) is 21.7 Å². The van der Waals surface area contributed by atoms with Gasteiger partial charge in [-0.15, -0.1) is 0 Å². The first-order chi connectivity index (χ1) is 13.5. The smallest absolute Gasteiger partial charge is 0.323 e. The number of alkyl halides is 3. The lowest BCUT2D eigenvalue weighted by atomic mass is 10.2. The summed E-state index contributed by atoms with van der Waals surface area (Å²) in [5.74, 6) is -1.22. The van der Waals surface area contributed by atoms with E-state index in [0.717, 1.165) is 23.3 Å². The van der Waals surface area contributed by atoms with Crippen LogP contribution in [0.15, 0.2) is 48.5 Å². The molecule has 2 aromatic rings. The Balaban J connectivity index is 1.95. The molecule has 0 spiro atoms. The minimum atomic E-state index is -4.67. The third-order valence-corrected chi connectivity index (χ3v) is 5.35. The molecular formula is C18H16F3N3O4S. The maximum absolute atomic E-state index is 13.0. The van der Waals surface area contributed by atoms with Crippen LogP contribution in [-0.2, 0) is 25.8 Å². The third-order valence-electron chi connectivity index (χ3n) is 4.21. The van der Waals surface area contributed by atoms with Crippen LogP contribution in [0.1, 0.15) is 5.56 Å². The zero-order chi connectivity index (χ0) is 21.4. The van der Waals surface area contributed by atoms with Crippen molar-refractivity contribution in [3.05, 3.63) is 54.1 Å². The molecule has 0 fully saturated rings. The number of carbonyl (C=O) groups is 2. The maximum Gasteiger partial charge on any atom is 0.416 e. The Kier molecular flexibility index (Phi) is 5.26. The number of sulfonamides is 1. The molecule has 29 heavy (non-hydrogen) atoms. The highest BCUT2D eigenvalue weighted by molar-refractivity contribution is 7.92. The summed E-state index contributed by atoms with van der Waals surface area (Å²) in [5, 5.41) is 2.59. The van der Waals surface area contributed by atoms with Gasteiger partial charge < -0.3 is 5.32 Å². The van der Waals surface area contributed by atoms with Gasteiger partial charge in [-0.1, -0.05) is 18.2 Å². The van der Waals surface area contributed by atoms with Crippen LogP contribution in [-0.4, -0.2) is 39.6 Å². The molecule has 7 nitrogen and oxygen atoms in total. The van der Waals surface area contributed by atoms with E-state index in [1.807, 2.05) is 0 Å². The summed E-state index contributed by atoms with van der Waals surface area (Å²) < 4.78 is 64.0. The Morgan fingerprint density at radius 2 is 1.86 bits per heavy atom. The van der Waals surface area contributed by atoms with Crippen molar-refractivity contribution in [2.75, 3.05) is 33.9 Å². The largest absolute Gasteiger partial charge is 0.416 e. The zero-order valence-electron chi connectivity index (χ0n) is 15.1. The first-order valence-corrected chi connectivity index (χ1v) is 10.2. The second-order valence-corrected chi connectivity index (χ2v) is 8.27. The lowest BCUT2D eigenvalue weighted by Gasteiger charge is -2.31. The van der Waals surface area contributed by atoms with Crippen LogP contribution in [0, 0.1) is 0 Å².